The molecule has 0 aromatic rings. The normalized spacial score (nSPS) is 11.7. The van der Waals surface area contributed by atoms with Crippen molar-refractivity contribution in [1.29, 1.82) is 0 Å². The van der Waals surface area contributed by atoms with E-state index in [0.717, 1.165) is 12.8 Å². The van der Waals surface area contributed by atoms with Crippen molar-refractivity contribution in [1.82, 2.24) is 0 Å². The molecule has 19 heavy (non-hydrogen) atoms. The molecule has 0 aliphatic rings. The summed E-state index contributed by atoms with van der Waals surface area (Å²) in [5.74, 6) is 0. The predicted molar refractivity (Wildman–Crippen MR) is 89.6 cm³/mol. The van der Waals surface area contributed by atoms with Crippen LogP contribution in [0, 0.1) is 0 Å². The Morgan fingerprint density at radius 3 is 1.53 bits per heavy atom. The van der Waals surface area contributed by atoms with Gasteiger partial charge in [-0.15, -0.1) is 0 Å². The Balaban J connectivity index is -0.00000144. The molecular formula is C11H23NaO3S4. The van der Waals surface area contributed by atoms with Crippen molar-refractivity contribution in [2.75, 3.05) is 13.2 Å². The summed E-state index contributed by atoms with van der Waals surface area (Å²) in [4.78, 5) is 11.2. The van der Waals surface area contributed by atoms with E-state index in [4.69, 9.17) is 9.47 Å². The van der Waals surface area contributed by atoms with Crippen molar-refractivity contribution in [3.05, 3.63) is 0 Å². The van der Waals surface area contributed by atoms with Gasteiger partial charge in [-0.2, -0.15) is 50.5 Å². The fraction of sp³-hybridized carbons (Fsp3) is 0.909. The fourth-order valence-corrected chi connectivity index (χ4v) is 1.36. The molecule has 0 N–H and O–H groups in total. The van der Waals surface area contributed by atoms with Crippen LogP contribution >= 0.6 is 50.5 Å². The molecule has 8 heteroatoms. The molecular weight excluding hydrogens is 331 g/mol. The fourth-order valence-electron chi connectivity index (χ4n) is 0.991. The molecule has 0 aromatic carbocycles. The largest absolute Gasteiger partial charge is 1.00 e. The van der Waals surface area contributed by atoms with E-state index in [0.29, 0.717) is 12.8 Å². The van der Waals surface area contributed by atoms with Gasteiger partial charge < -0.3 is 10.9 Å². The molecule has 0 saturated heterocycles. The molecule has 110 valence electrons. The summed E-state index contributed by atoms with van der Waals surface area (Å²) in [5, 5.41) is 0. The molecule has 0 heterocycles. The van der Waals surface area contributed by atoms with Gasteiger partial charge in [0.05, 0.1) is 21.4 Å². The molecule has 3 nitrogen and oxygen atoms in total. The van der Waals surface area contributed by atoms with Crippen molar-refractivity contribution in [3.63, 3.8) is 0 Å². The van der Waals surface area contributed by atoms with Crippen LogP contribution in [0.5, 0.6) is 0 Å². The Morgan fingerprint density at radius 1 is 0.947 bits per heavy atom. The number of hydrogen-bond acceptors (Lipinski definition) is 7. The summed E-state index contributed by atoms with van der Waals surface area (Å²) in [6, 6.07) is 0. The zero-order chi connectivity index (χ0) is 14.2. The summed E-state index contributed by atoms with van der Waals surface area (Å²) in [6.07, 6.45) is 2.05. The summed E-state index contributed by atoms with van der Waals surface area (Å²) in [5.41, 5.74) is 0. The second-order valence-electron chi connectivity index (χ2n) is 4.12. The topological polar surface area (TPSA) is 35.5 Å². The van der Waals surface area contributed by atoms with Crippen LogP contribution in [0.15, 0.2) is 0 Å². The Hall–Kier alpha value is 1.67. The van der Waals surface area contributed by atoms with Crippen molar-refractivity contribution in [2.45, 2.75) is 47.7 Å². The minimum absolute atomic E-state index is 0. The van der Waals surface area contributed by atoms with Gasteiger partial charge in [0, 0.05) is 12.8 Å². The summed E-state index contributed by atoms with van der Waals surface area (Å²) in [7, 11) is 0. The Kier molecular flexibility index (Phi) is 13.6. The van der Waals surface area contributed by atoms with Crippen molar-refractivity contribution >= 4 is 56.7 Å². The molecule has 0 rings (SSSR count). The maximum Gasteiger partial charge on any atom is 1.00 e. The van der Waals surface area contributed by atoms with Gasteiger partial charge in [-0.1, -0.05) is 13.8 Å². The molecule has 0 aliphatic carbocycles. The number of carbonyl (C=O) groups excluding carboxylic acids is 1. The number of rotatable bonds is 8. The zero-order valence-electron chi connectivity index (χ0n) is 12.8. The number of hydrogen-bond donors (Lipinski definition) is 4. The monoisotopic (exact) mass is 354 g/mol. The third kappa shape index (κ3) is 13.1. The van der Waals surface area contributed by atoms with Crippen LogP contribution in [-0.4, -0.2) is 27.5 Å². The smallest absolute Gasteiger partial charge is 1.00 e. The van der Waals surface area contributed by atoms with E-state index in [-0.39, 0.29) is 44.2 Å². The molecule has 0 radical (unpaired) electrons. The van der Waals surface area contributed by atoms with Gasteiger partial charge >= 0.3 is 35.7 Å². The maximum absolute atomic E-state index is 11.2. The van der Waals surface area contributed by atoms with E-state index in [1.165, 1.54) is 0 Å². The van der Waals surface area contributed by atoms with Crippen LogP contribution in [0.2, 0.25) is 0 Å². The number of carbonyl (C=O) groups is 1. The van der Waals surface area contributed by atoms with E-state index >= 15 is 0 Å². The van der Waals surface area contributed by atoms with Gasteiger partial charge in [0.25, 0.3) is 0 Å². The first-order valence-corrected chi connectivity index (χ1v) is 7.70. The predicted octanol–water partition coefficient (Wildman–Crippen LogP) is 0.968. The van der Waals surface area contributed by atoms with Crippen LogP contribution in [0.1, 0.15) is 41.0 Å². The van der Waals surface area contributed by atoms with Crippen LogP contribution in [0.3, 0.4) is 0 Å². The summed E-state index contributed by atoms with van der Waals surface area (Å²) < 4.78 is 9.02. The van der Waals surface area contributed by atoms with E-state index in [1.807, 2.05) is 13.8 Å². The standard InChI is InChI=1S/C11H22O3S4.Na.H/c1-3-10(15,16)5-7-13-9(12)14-8-6-11(17,18)4-2;;/h15-18H,3-8H2,1-2H3;;/q;+1;-1. The molecule has 0 saturated carbocycles. The molecule has 0 aromatic heterocycles. The average molecular weight is 355 g/mol. The van der Waals surface area contributed by atoms with Crippen molar-refractivity contribution < 1.29 is 45.3 Å². The van der Waals surface area contributed by atoms with Gasteiger partial charge in [-0.05, 0) is 12.8 Å². The number of ether oxygens (including phenoxy) is 2. The third-order valence-electron chi connectivity index (χ3n) is 2.58. The molecule has 0 fully saturated rings. The van der Waals surface area contributed by atoms with Crippen molar-refractivity contribution in [2.24, 2.45) is 0 Å². The van der Waals surface area contributed by atoms with Crippen LogP contribution in [-0.2, 0) is 9.47 Å². The minimum atomic E-state index is -0.669. The quantitative estimate of drug-likeness (QED) is 0.227. The van der Waals surface area contributed by atoms with Gasteiger partial charge in [-0.3, -0.25) is 0 Å². The van der Waals surface area contributed by atoms with Gasteiger partial charge in [-0.25, -0.2) is 4.79 Å². The first kappa shape index (κ1) is 22.9. The Labute approximate surface area is 161 Å². The van der Waals surface area contributed by atoms with Gasteiger partial charge in [0.1, 0.15) is 0 Å². The molecule has 0 bridgehead atoms. The molecule has 0 atom stereocenters. The first-order chi connectivity index (χ1) is 8.22. The summed E-state index contributed by atoms with van der Waals surface area (Å²) in [6.45, 7) is 4.45. The molecule has 0 spiro atoms. The molecule has 0 aliphatic heterocycles. The van der Waals surface area contributed by atoms with Crippen molar-refractivity contribution in [3.8, 4) is 0 Å². The second kappa shape index (κ2) is 11.3. The second-order valence-corrected chi connectivity index (χ2v) is 8.25. The van der Waals surface area contributed by atoms with Gasteiger partial charge in [0.2, 0.25) is 0 Å². The van der Waals surface area contributed by atoms with E-state index < -0.39 is 14.3 Å². The average Bonchev–Trinajstić information content (AvgIpc) is 2.28. The Bertz CT molecular complexity index is 244. The zero-order valence-corrected chi connectivity index (χ0v) is 17.3. The van der Waals surface area contributed by atoms with Crippen LogP contribution in [0.4, 0.5) is 4.79 Å². The minimum Gasteiger partial charge on any atom is -1.00 e. The van der Waals surface area contributed by atoms with E-state index in [9.17, 15) is 4.79 Å². The number of thiol groups is 4. The summed E-state index contributed by atoms with van der Waals surface area (Å²) >= 11 is 17.3. The molecule has 0 amide bonds. The first-order valence-electron chi connectivity index (χ1n) is 5.91. The van der Waals surface area contributed by atoms with Crippen LogP contribution < -0.4 is 29.6 Å². The van der Waals surface area contributed by atoms with Crippen LogP contribution in [0.25, 0.3) is 0 Å². The molecule has 0 unspecified atom stereocenters. The third-order valence-corrected chi connectivity index (χ3v) is 4.74. The Morgan fingerprint density at radius 2 is 1.26 bits per heavy atom. The van der Waals surface area contributed by atoms with E-state index in [2.05, 4.69) is 50.5 Å². The van der Waals surface area contributed by atoms with E-state index in [1.54, 1.807) is 0 Å². The van der Waals surface area contributed by atoms with Gasteiger partial charge in [0.15, 0.2) is 0 Å². The SMILES string of the molecule is CCC(S)(S)CCOC(=O)OCCC(S)(S)CC.[H-].[Na+]. The maximum atomic E-state index is 11.2.